The number of amides is 1. The fourth-order valence-corrected chi connectivity index (χ4v) is 2.34. The van der Waals surface area contributed by atoms with Crippen LogP contribution in [0.4, 0.5) is 4.79 Å². The highest BCUT2D eigenvalue weighted by Gasteiger charge is 2.26. The lowest BCUT2D eigenvalue weighted by Crippen LogP contribution is -2.44. The van der Waals surface area contributed by atoms with E-state index in [1.165, 1.54) is 0 Å². The molecule has 0 aromatic carbocycles. The summed E-state index contributed by atoms with van der Waals surface area (Å²) in [6.07, 6.45) is 0.288. The lowest BCUT2D eigenvalue weighted by atomic mass is 9.93. The molecular weight excluding hydrogens is 255 g/mol. The molecule has 106 valence electrons. The van der Waals surface area contributed by atoms with E-state index in [1.807, 2.05) is 20.8 Å². The van der Waals surface area contributed by atoms with Crippen LogP contribution in [0.5, 0.6) is 0 Å². The zero-order chi connectivity index (χ0) is 15.1. The van der Waals surface area contributed by atoms with Gasteiger partial charge in [0.05, 0.1) is 6.54 Å². The number of pyridine rings is 1. The van der Waals surface area contributed by atoms with Gasteiger partial charge in [-0.3, -0.25) is 4.79 Å². The Balaban J connectivity index is 2.24. The molecule has 0 atom stereocenters. The second kappa shape index (κ2) is 5.00. The first kappa shape index (κ1) is 14.7. The van der Waals surface area contributed by atoms with E-state index in [-0.39, 0.29) is 17.1 Å². The van der Waals surface area contributed by atoms with Crippen LogP contribution in [-0.2, 0) is 24.8 Å². The molecule has 0 aliphatic carbocycles. The molecule has 0 fully saturated rings. The van der Waals surface area contributed by atoms with Gasteiger partial charge < -0.3 is 14.2 Å². The molecule has 1 aromatic heterocycles. The Morgan fingerprint density at radius 3 is 2.65 bits per heavy atom. The van der Waals surface area contributed by atoms with Crippen molar-refractivity contribution in [2.45, 2.75) is 39.3 Å². The van der Waals surface area contributed by atoms with Crippen LogP contribution in [-0.4, -0.2) is 35.6 Å². The minimum absolute atomic E-state index is 0.186. The second-order valence-electron chi connectivity index (χ2n) is 6.09. The smallest absolute Gasteiger partial charge is 0.410 e. The third-order valence-corrected chi connectivity index (χ3v) is 3.29. The average molecular weight is 274 g/mol. The summed E-state index contributed by atoms with van der Waals surface area (Å²) in [6.45, 7) is 6.47. The van der Waals surface area contributed by atoms with Crippen molar-refractivity contribution in [2.24, 2.45) is 7.05 Å². The quantitative estimate of drug-likeness (QED) is 0.646. The van der Waals surface area contributed by atoms with Crippen molar-refractivity contribution in [3.63, 3.8) is 0 Å². The molecule has 5 nitrogen and oxygen atoms in total. The molecule has 0 unspecified atom stereocenters. The maximum atomic E-state index is 12.1. The maximum absolute atomic E-state index is 12.1. The molecule has 1 aliphatic rings. The van der Waals surface area contributed by atoms with Gasteiger partial charge in [-0.25, -0.2) is 4.79 Å². The van der Waals surface area contributed by atoms with Gasteiger partial charge in [0, 0.05) is 25.7 Å². The minimum Gasteiger partial charge on any atom is -0.444 e. The van der Waals surface area contributed by atoms with E-state index in [2.05, 4.69) is 0 Å². The fourth-order valence-electron chi connectivity index (χ4n) is 2.34. The van der Waals surface area contributed by atoms with Crippen LogP contribution in [0.2, 0.25) is 0 Å². The highest BCUT2D eigenvalue weighted by atomic mass is 16.6. The van der Waals surface area contributed by atoms with Crippen molar-refractivity contribution in [1.82, 2.24) is 9.47 Å². The van der Waals surface area contributed by atoms with E-state index in [0.717, 1.165) is 11.3 Å². The topological polar surface area (TPSA) is 51.5 Å². The van der Waals surface area contributed by atoms with Crippen LogP contribution in [0.3, 0.4) is 0 Å². The molecule has 0 saturated heterocycles. The lowest BCUT2D eigenvalue weighted by Gasteiger charge is -2.32. The molecule has 2 radical (unpaired) electrons. The van der Waals surface area contributed by atoms with E-state index in [4.69, 9.17) is 12.6 Å². The van der Waals surface area contributed by atoms with Crippen molar-refractivity contribution in [3.8, 4) is 0 Å². The Morgan fingerprint density at radius 2 is 2.05 bits per heavy atom. The standard InChI is InChI=1S/C14H19BN2O3/c1-14(2,3)20-13(19)17-6-5-11-9(8-17)7-10(15)12(18)16(11)4/h7H,5-6,8H2,1-4H3. The average Bonchev–Trinajstić information content (AvgIpc) is 2.33. The van der Waals surface area contributed by atoms with Gasteiger partial charge in [0.2, 0.25) is 5.56 Å². The molecule has 0 spiro atoms. The van der Waals surface area contributed by atoms with Gasteiger partial charge in [-0.15, -0.1) is 0 Å². The number of nitrogens with zero attached hydrogens (tertiary/aromatic N) is 2. The number of carbonyl (C=O) groups excluding carboxylic acids is 1. The maximum Gasteiger partial charge on any atom is 0.410 e. The molecule has 1 aromatic rings. The van der Waals surface area contributed by atoms with Crippen LogP contribution >= 0.6 is 0 Å². The Morgan fingerprint density at radius 1 is 1.40 bits per heavy atom. The summed E-state index contributed by atoms with van der Waals surface area (Å²) in [6, 6.07) is 1.66. The zero-order valence-electron chi connectivity index (χ0n) is 12.4. The Labute approximate surface area is 119 Å². The highest BCUT2D eigenvalue weighted by molar-refractivity contribution is 6.32. The van der Waals surface area contributed by atoms with Crippen molar-refractivity contribution in [3.05, 3.63) is 27.7 Å². The van der Waals surface area contributed by atoms with Gasteiger partial charge >= 0.3 is 6.09 Å². The monoisotopic (exact) mass is 274 g/mol. The van der Waals surface area contributed by atoms with E-state index in [1.54, 1.807) is 22.6 Å². The summed E-state index contributed by atoms with van der Waals surface area (Å²) in [4.78, 5) is 25.5. The molecule has 1 aliphatic heterocycles. The van der Waals surface area contributed by atoms with Crippen molar-refractivity contribution >= 4 is 19.4 Å². The number of ether oxygens (including phenoxy) is 1. The number of rotatable bonds is 0. The van der Waals surface area contributed by atoms with Crippen LogP contribution in [0.15, 0.2) is 10.9 Å². The zero-order valence-corrected chi connectivity index (χ0v) is 12.4. The largest absolute Gasteiger partial charge is 0.444 e. The van der Waals surface area contributed by atoms with Gasteiger partial charge in [-0.05, 0) is 31.8 Å². The molecule has 0 saturated carbocycles. The molecule has 1 amide bonds. The van der Waals surface area contributed by atoms with E-state index >= 15 is 0 Å². The Hall–Kier alpha value is -1.72. The van der Waals surface area contributed by atoms with Gasteiger partial charge in [0.25, 0.3) is 0 Å². The number of hydrogen-bond donors (Lipinski definition) is 0. The van der Waals surface area contributed by atoms with Crippen molar-refractivity contribution in [1.29, 1.82) is 0 Å². The Bertz CT molecular complexity index is 602. The number of hydrogen-bond acceptors (Lipinski definition) is 3. The molecule has 2 heterocycles. The molecule has 0 N–H and O–H groups in total. The first-order chi connectivity index (χ1) is 9.19. The first-order valence-corrected chi connectivity index (χ1v) is 6.64. The highest BCUT2D eigenvalue weighted by Crippen LogP contribution is 2.19. The summed E-state index contributed by atoms with van der Waals surface area (Å²) in [5.74, 6) is 0. The summed E-state index contributed by atoms with van der Waals surface area (Å²) in [5.41, 5.74) is 1.34. The summed E-state index contributed by atoms with van der Waals surface area (Å²) >= 11 is 0. The number of fused-ring (bicyclic) bond motifs is 1. The molecule has 2 rings (SSSR count). The Kier molecular flexibility index (Phi) is 3.67. The third kappa shape index (κ3) is 2.89. The molecule has 20 heavy (non-hydrogen) atoms. The van der Waals surface area contributed by atoms with Crippen LogP contribution in [0, 0.1) is 0 Å². The van der Waals surface area contributed by atoms with Crippen LogP contribution in [0.25, 0.3) is 0 Å². The number of aromatic nitrogens is 1. The minimum atomic E-state index is -0.514. The lowest BCUT2D eigenvalue weighted by molar-refractivity contribution is 0.0221. The molecule has 6 heteroatoms. The second-order valence-corrected chi connectivity index (χ2v) is 6.09. The summed E-state index contributed by atoms with van der Waals surface area (Å²) < 4.78 is 6.93. The van der Waals surface area contributed by atoms with E-state index in [9.17, 15) is 9.59 Å². The predicted octanol–water partition coefficient (Wildman–Crippen LogP) is 0.472. The van der Waals surface area contributed by atoms with Gasteiger partial charge in [0.15, 0.2) is 0 Å². The van der Waals surface area contributed by atoms with Crippen molar-refractivity contribution in [2.75, 3.05) is 6.54 Å². The molecule has 0 bridgehead atoms. The van der Waals surface area contributed by atoms with Gasteiger partial charge in [-0.1, -0.05) is 6.07 Å². The molecular formula is C14H19BN2O3. The van der Waals surface area contributed by atoms with Crippen LogP contribution in [0.1, 0.15) is 32.0 Å². The van der Waals surface area contributed by atoms with Gasteiger partial charge in [-0.2, -0.15) is 0 Å². The van der Waals surface area contributed by atoms with Crippen molar-refractivity contribution < 1.29 is 9.53 Å². The summed E-state index contributed by atoms with van der Waals surface area (Å²) in [5, 5.41) is 0. The van der Waals surface area contributed by atoms with Gasteiger partial charge in [0.1, 0.15) is 13.4 Å². The predicted molar refractivity (Wildman–Crippen MR) is 77.4 cm³/mol. The van der Waals surface area contributed by atoms with E-state index < -0.39 is 5.60 Å². The first-order valence-electron chi connectivity index (χ1n) is 6.64. The summed E-state index contributed by atoms with van der Waals surface area (Å²) in [7, 11) is 7.41. The normalized spacial score (nSPS) is 14.9. The fraction of sp³-hybridized carbons (Fsp3) is 0.571. The number of carbonyl (C=O) groups is 1. The third-order valence-electron chi connectivity index (χ3n) is 3.29. The van der Waals surface area contributed by atoms with E-state index in [0.29, 0.717) is 19.5 Å². The SMILES string of the molecule is [B]c1cc2c(n(C)c1=O)CCN(C(=O)OC(C)(C)C)C2. The van der Waals surface area contributed by atoms with Crippen LogP contribution < -0.4 is 11.0 Å².